The highest BCUT2D eigenvalue weighted by molar-refractivity contribution is 5.80. The van der Waals surface area contributed by atoms with Gasteiger partial charge in [0.25, 0.3) is 0 Å². The third kappa shape index (κ3) is 4.82. The number of nitrogens with zero attached hydrogens (tertiary/aromatic N) is 1. The van der Waals surface area contributed by atoms with Crippen LogP contribution in [-0.2, 0) is 6.61 Å². The summed E-state index contributed by atoms with van der Waals surface area (Å²) in [6, 6.07) is 24.9. The summed E-state index contributed by atoms with van der Waals surface area (Å²) >= 11 is 0. The number of hydrogen-bond acceptors (Lipinski definition) is 2. The van der Waals surface area contributed by atoms with Gasteiger partial charge in [0.15, 0.2) is 0 Å². The van der Waals surface area contributed by atoms with Crippen LogP contribution in [0.15, 0.2) is 77.8 Å². The molecular formula is C24H25NO. The molecule has 0 saturated heterocycles. The fraction of sp³-hybridized carbons (Fsp3) is 0.208. The predicted molar refractivity (Wildman–Crippen MR) is 109 cm³/mol. The van der Waals surface area contributed by atoms with E-state index in [0.29, 0.717) is 6.61 Å². The lowest BCUT2D eigenvalue weighted by Crippen LogP contribution is -1.96. The second-order valence-corrected chi connectivity index (χ2v) is 6.66. The van der Waals surface area contributed by atoms with Gasteiger partial charge in [-0.2, -0.15) is 0 Å². The normalized spacial score (nSPS) is 12.3. The SMILES string of the molecule is Cc1ccc(C)c(C(C)N=Cc2ccc(OCc3ccccc3)cc2)c1. The monoisotopic (exact) mass is 343 g/mol. The molecule has 0 radical (unpaired) electrons. The molecule has 0 aliphatic rings. The Morgan fingerprint density at radius 3 is 2.38 bits per heavy atom. The molecule has 26 heavy (non-hydrogen) atoms. The predicted octanol–water partition coefficient (Wildman–Crippen LogP) is 6.06. The van der Waals surface area contributed by atoms with Gasteiger partial charge in [-0.25, -0.2) is 0 Å². The summed E-state index contributed by atoms with van der Waals surface area (Å²) in [6.07, 6.45) is 1.94. The van der Waals surface area contributed by atoms with Gasteiger partial charge >= 0.3 is 0 Å². The van der Waals surface area contributed by atoms with E-state index in [4.69, 9.17) is 9.73 Å². The summed E-state index contributed by atoms with van der Waals surface area (Å²) < 4.78 is 5.83. The van der Waals surface area contributed by atoms with E-state index >= 15 is 0 Å². The largest absolute Gasteiger partial charge is 0.489 e. The maximum absolute atomic E-state index is 5.83. The smallest absolute Gasteiger partial charge is 0.119 e. The number of benzene rings is 3. The molecule has 3 rings (SSSR count). The topological polar surface area (TPSA) is 21.6 Å². The van der Waals surface area contributed by atoms with Crippen LogP contribution in [0, 0.1) is 13.8 Å². The molecule has 0 heterocycles. The Morgan fingerprint density at radius 2 is 1.65 bits per heavy atom. The number of hydrogen-bond donors (Lipinski definition) is 0. The summed E-state index contributed by atoms with van der Waals surface area (Å²) in [6.45, 7) is 6.97. The molecule has 0 aliphatic carbocycles. The van der Waals surface area contributed by atoms with Crippen molar-refractivity contribution in [3.05, 3.63) is 101 Å². The van der Waals surface area contributed by atoms with Crippen LogP contribution in [0.1, 0.15) is 40.8 Å². The first-order valence-corrected chi connectivity index (χ1v) is 8.99. The van der Waals surface area contributed by atoms with E-state index < -0.39 is 0 Å². The second kappa shape index (κ2) is 8.48. The first kappa shape index (κ1) is 17.9. The maximum Gasteiger partial charge on any atom is 0.119 e. The molecule has 0 aromatic heterocycles. The van der Waals surface area contributed by atoms with Crippen LogP contribution in [0.4, 0.5) is 0 Å². The lowest BCUT2D eigenvalue weighted by molar-refractivity contribution is 0.306. The van der Waals surface area contributed by atoms with E-state index in [-0.39, 0.29) is 6.04 Å². The van der Waals surface area contributed by atoms with Crippen molar-refractivity contribution < 1.29 is 4.74 Å². The Balaban J connectivity index is 1.61. The molecule has 1 unspecified atom stereocenters. The average molecular weight is 343 g/mol. The van der Waals surface area contributed by atoms with E-state index in [9.17, 15) is 0 Å². The van der Waals surface area contributed by atoms with E-state index in [1.807, 2.05) is 48.7 Å². The molecule has 0 aliphatic heterocycles. The first-order chi connectivity index (χ1) is 12.6. The van der Waals surface area contributed by atoms with Gasteiger partial charge in [0.1, 0.15) is 12.4 Å². The van der Waals surface area contributed by atoms with E-state index in [1.54, 1.807) is 0 Å². The van der Waals surface area contributed by atoms with E-state index in [0.717, 1.165) is 11.3 Å². The summed E-state index contributed by atoms with van der Waals surface area (Å²) in [5, 5.41) is 0. The lowest BCUT2D eigenvalue weighted by Gasteiger charge is -2.11. The van der Waals surface area contributed by atoms with Crippen molar-refractivity contribution in [3.8, 4) is 5.75 Å². The molecule has 0 spiro atoms. The minimum Gasteiger partial charge on any atom is -0.489 e. The van der Waals surface area contributed by atoms with Crippen LogP contribution >= 0.6 is 0 Å². The van der Waals surface area contributed by atoms with Crippen molar-refractivity contribution in [1.82, 2.24) is 0 Å². The molecule has 0 bridgehead atoms. The molecule has 2 nitrogen and oxygen atoms in total. The third-order valence-corrected chi connectivity index (χ3v) is 4.46. The maximum atomic E-state index is 5.83. The fourth-order valence-corrected chi connectivity index (χ4v) is 2.88. The molecule has 1 atom stereocenters. The Kier molecular flexibility index (Phi) is 5.85. The molecule has 132 valence electrons. The number of aryl methyl sites for hydroxylation is 2. The van der Waals surface area contributed by atoms with Crippen molar-refractivity contribution in [2.75, 3.05) is 0 Å². The standard InChI is InChI=1S/C24H25NO/c1-18-9-10-19(2)24(15-18)20(3)25-16-21-11-13-23(14-12-21)26-17-22-7-5-4-6-8-22/h4-16,20H,17H2,1-3H3. The van der Waals surface area contributed by atoms with Gasteiger partial charge in [-0.05, 0) is 67.3 Å². The van der Waals surface area contributed by atoms with Crippen LogP contribution < -0.4 is 4.74 Å². The molecule has 0 fully saturated rings. The Hall–Kier alpha value is -2.87. The van der Waals surface area contributed by atoms with Crippen LogP contribution in [0.5, 0.6) is 5.75 Å². The third-order valence-electron chi connectivity index (χ3n) is 4.46. The molecule has 3 aromatic rings. The molecule has 0 N–H and O–H groups in total. The highest BCUT2D eigenvalue weighted by Gasteiger charge is 2.06. The number of rotatable bonds is 6. The van der Waals surface area contributed by atoms with Crippen molar-refractivity contribution in [2.45, 2.75) is 33.4 Å². The second-order valence-electron chi connectivity index (χ2n) is 6.66. The summed E-state index contributed by atoms with van der Waals surface area (Å²) in [7, 11) is 0. The van der Waals surface area contributed by atoms with Crippen molar-refractivity contribution >= 4 is 6.21 Å². The molecule has 2 heteroatoms. The average Bonchev–Trinajstić information content (AvgIpc) is 2.68. The Morgan fingerprint density at radius 1 is 0.923 bits per heavy atom. The van der Waals surface area contributed by atoms with Crippen LogP contribution in [0.2, 0.25) is 0 Å². The molecular weight excluding hydrogens is 318 g/mol. The molecule has 0 amide bonds. The van der Waals surface area contributed by atoms with Crippen LogP contribution in [0.25, 0.3) is 0 Å². The van der Waals surface area contributed by atoms with Gasteiger partial charge < -0.3 is 4.74 Å². The first-order valence-electron chi connectivity index (χ1n) is 8.99. The van der Waals surface area contributed by atoms with E-state index in [1.165, 1.54) is 22.3 Å². The number of aliphatic imine (C=N–C) groups is 1. The van der Waals surface area contributed by atoms with E-state index in [2.05, 4.69) is 51.1 Å². The van der Waals surface area contributed by atoms with Crippen LogP contribution in [-0.4, -0.2) is 6.21 Å². The zero-order chi connectivity index (χ0) is 18.4. The quantitative estimate of drug-likeness (QED) is 0.498. The van der Waals surface area contributed by atoms with Crippen molar-refractivity contribution in [2.24, 2.45) is 4.99 Å². The number of ether oxygens (including phenoxy) is 1. The minimum absolute atomic E-state index is 0.143. The van der Waals surface area contributed by atoms with Gasteiger partial charge in [0.05, 0.1) is 6.04 Å². The highest BCUT2D eigenvalue weighted by Crippen LogP contribution is 2.22. The van der Waals surface area contributed by atoms with Gasteiger partial charge in [-0.3, -0.25) is 4.99 Å². The summed E-state index contributed by atoms with van der Waals surface area (Å²) in [5.41, 5.74) is 6.08. The minimum atomic E-state index is 0.143. The highest BCUT2D eigenvalue weighted by atomic mass is 16.5. The van der Waals surface area contributed by atoms with Crippen molar-refractivity contribution in [3.63, 3.8) is 0 Å². The summed E-state index contributed by atoms with van der Waals surface area (Å²) in [5.74, 6) is 0.869. The zero-order valence-electron chi connectivity index (χ0n) is 15.6. The zero-order valence-corrected chi connectivity index (χ0v) is 15.6. The lowest BCUT2D eigenvalue weighted by atomic mass is 10.0. The molecule has 0 saturated carbocycles. The van der Waals surface area contributed by atoms with Gasteiger partial charge in [-0.1, -0.05) is 54.1 Å². The van der Waals surface area contributed by atoms with Crippen LogP contribution in [0.3, 0.4) is 0 Å². The Labute approximate surface area is 156 Å². The fourth-order valence-electron chi connectivity index (χ4n) is 2.88. The Bertz CT molecular complexity index is 866. The van der Waals surface area contributed by atoms with Gasteiger partial charge in [-0.15, -0.1) is 0 Å². The summed E-state index contributed by atoms with van der Waals surface area (Å²) in [4.78, 5) is 4.72. The van der Waals surface area contributed by atoms with Gasteiger partial charge in [0.2, 0.25) is 0 Å². The molecule has 3 aromatic carbocycles. The van der Waals surface area contributed by atoms with Crippen molar-refractivity contribution in [1.29, 1.82) is 0 Å². The van der Waals surface area contributed by atoms with Gasteiger partial charge in [0, 0.05) is 6.21 Å².